The molecule has 0 amide bonds. The van der Waals surface area contributed by atoms with Crippen molar-refractivity contribution < 1.29 is 3.89 Å². The molecule has 0 aromatic rings. The molecule has 0 aliphatic carbocycles. The van der Waals surface area contributed by atoms with Crippen LogP contribution in [0.4, 0.5) is 3.89 Å². The van der Waals surface area contributed by atoms with E-state index in [1.54, 1.807) is 6.26 Å². The third kappa shape index (κ3) is 9.20. The molecule has 3 unspecified atom stereocenters. The lowest BCUT2D eigenvalue weighted by Crippen LogP contribution is -2.12. The fourth-order valence-electron chi connectivity index (χ4n) is 1.44. The van der Waals surface area contributed by atoms with Crippen LogP contribution >= 0.6 is 24.8 Å². The first-order chi connectivity index (χ1) is 6.61. The molecule has 3 atom stereocenters. The molecule has 0 aliphatic rings. The van der Waals surface area contributed by atoms with Gasteiger partial charge in [-0.25, -0.2) is 0 Å². The van der Waals surface area contributed by atoms with Crippen LogP contribution in [0, 0.1) is 17.8 Å². The molecule has 0 aromatic carbocycles. The zero-order valence-corrected chi connectivity index (χ0v) is 11.8. The van der Waals surface area contributed by atoms with E-state index >= 15 is 0 Å². The van der Waals surface area contributed by atoms with Crippen LogP contribution in [0.1, 0.15) is 40.5 Å². The summed E-state index contributed by atoms with van der Waals surface area (Å²) in [6.45, 7) is 8.90. The van der Waals surface area contributed by atoms with Gasteiger partial charge in [0.1, 0.15) is 0 Å². The lowest BCUT2D eigenvalue weighted by Gasteiger charge is -2.21. The molecular formula is C11H25FS2. The Labute approximate surface area is 99.1 Å². The van der Waals surface area contributed by atoms with Crippen molar-refractivity contribution in [2.75, 3.05) is 12.0 Å². The highest BCUT2D eigenvalue weighted by Crippen LogP contribution is 2.24. The maximum absolute atomic E-state index is 11.9. The molecule has 0 saturated heterocycles. The SMILES string of the molecule is CCC(C)C(C)CC(C)CSF.CS. The Hall–Kier alpha value is 0.630. The van der Waals surface area contributed by atoms with Gasteiger partial charge in [-0.05, 0) is 30.4 Å². The summed E-state index contributed by atoms with van der Waals surface area (Å²) < 4.78 is 11.9. The van der Waals surface area contributed by atoms with Crippen LogP contribution in [0.25, 0.3) is 0 Å². The van der Waals surface area contributed by atoms with Gasteiger partial charge in [0, 0.05) is 17.9 Å². The Kier molecular flexibility index (Phi) is 14.2. The molecule has 0 radical (unpaired) electrons. The van der Waals surface area contributed by atoms with Gasteiger partial charge >= 0.3 is 0 Å². The molecule has 0 bridgehead atoms. The molecule has 0 aliphatic heterocycles. The van der Waals surface area contributed by atoms with Gasteiger partial charge in [-0.3, -0.25) is 0 Å². The summed E-state index contributed by atoms with van der Waals surface area (Å²) in [6, 6.07) is 0. The van der Waals surface area contributed by atoms with Crippen LogP contribution in [-0.2, 0) is 0 Å². The van der Waals surface area contributed by atoms with Crippen molar-refractivity contribution in [3.8, 4) is 0 Å². The van der Waals surface area contributed by atoms with Gasteiger partial charge in [-0.1, -0.05) is 34.1 Å². The first-order valence-electron chi connectivity index (χ1n) is 5.30. The van der Waals surface area contributed by atoms with Gasteiger partial charge in [0.2, 0.25) is 0 Å². The van der Waals surface area contributed by atoms with Crippen LogP contribution in [0.2, 0.25) is 0 Å². The molecule has 0 nitrogen and oxygen atoms in total. The number of hydrogen-bond donors (Lipinski definition) is 1. The maximum Gasteiger partial charge on any atom is 0.0445 e. The zero-order chi connectivity index (χ0) is 11.6. The highest BCUT2D eigenvalue weighted by Gasteiger charge is 2.13. The van der Waals surface area contributed by atoms with E-state index in [0.717, 1.165) is 18.3 Å². The summed E-state index contributed by atoms with van der Waals surface area (Å²) >= 11 is 4.00. The van der Waals surface area contributed by atoms with E-state index in [-0.39, 0.29) is 0 Å². The minimum Gasteiger partial charge on any atom is -0.183 e. The molecule has 0 aromatic heterocycles. The lowest BCUT2D eigenvalue weighted by molar-refractivity contribution is 0.318. The average molecular weight is 240 g/mol. The second kappa shape index (κ2) is 11.7. The van der Waals surface area contributed by atoms with Crippen molar-refractivity contribution in [2.45, 2.75) is 40.5 Å². The van der Waals surface area contributed by atoms with Gasteiger partial charge in [-0.15, -0.1) is 0 Å². The largest absolute Gasteiger partial charge is 0.183 e. The summed E-state index contributed by atoms with van der Waals surface area (Å²) in [5, 5.41) is 0. The van der Waals surface area contributed by atoms with Gasteiger partial charge in [0.25, 0.3) is 0 Å². The van der Waals surface area contributed by atoms with E-state index in [4.69, 9.17) is 0 Å². The molecule has 88 valence electrons. The second-order valence-corrected chi connectivity index (χ2v) is 4.53. The highest BCUT2D eigenvalue weighted by molar-refractivity contribution is 7.94. The average Bonchev–Trinajstić information content (AvgIpc) is 2.19. The van der Waals surface area contributed by atoms with Crippen molar-refractivity contribution in [3.63, 3.8) is 0 Å². The minimum atomic E-state index is 0.471. The molecule has 3 heteroatoms. The predicted molar refractivity (Wildman–Crippen MR) is 70.9 cm³/mol. The van der Waals surface area contributed by atoms with E-state index in [9.17, 15) is 3.89 Å². The van der Waals surface area contributed by atoms with E-state index in [2.05, 4.69) is 40.3 Å². The summed E-state index contributed by atoms with van der Waals surface area (Å²) in [7, 11) is 0. The van der Waals surface area contributed by atoms with E-state index in [1.807, 2.05) is 0 Å². The third-order valence-electron chi connectivity index (χ3n) is 2.74. The first kappa shape index (κ1) is 17.0. The van der Waals surface area contributed by atoms with Gasteiger partial charge in [0.05, 0.1) is 0 Å². The number of halogens is 1. The second-order valence-electron chi connectivity index (χ2n) is 3.98. The van der Waals surface area contributed by atoms with Crippen molar-refractivity contribution in [2.24, 2.45) is 17.8 Å². The summed E-state index contributed by atoms with van der Waals surface area (Å²) in [5.41, 5.74) is 0. The van der Waals surface area contributed by atoms with Gasteiger partial charge < -0.3 is 0 Å². The molecule has 0 spiro atoms. The summed E-state index contributed by atoms with van der Waals surface area (Å²) in [5.74, 6) is 2.68. The smallest absolute Gasteiger partial charge is 0.0445 e. The van der Waals surface area contributed by atoms with Crippen LogP contribution in [0.5, 0.6) is 0 Å². The fraction of sp³-hybridized carbons (Fsp3) is 1.00. The van der Waals surface area contributed by atoms with E-state index in [0.29, 0.717) is 23.8 Å². The highest BCUT2D eigenvalue weighted by atomic mass is 32.2. The fourth-order valence-corrected chi connectivity index (χ4v) is 1.80. The molecule has 0 fully saturated rings. The molecule has 0 saturated carbocycles. The first-order valence-corrected chi connectivity index (χ1v) is 7.08. The van der Waals surface area contributed by atoms with E-state index in [1.165, 1.54) is 6.42 Å². The Morgan fingerprint density at radius 2 is 1.64 bits per heavy atom. The Morgan fingerprint density at radius 1 is 1.14 bits per heavy atom. The van der Waals surface area contributed by atoms with E-state index < -0.39 is 0 Å². The third-order valence-corrected chi connectivity index (χ3v) is 3.43. The van der Waals surface area contributed by atoms with Gasteiger partial charge in [0.15, 0.2) is 0 Å². The van der Waals surface area contributed by atoms with Crippen LogP contribution in [0.15, 0.2) is 0 Å². The quantitative estimate of drug-likeness (QED) is 0.647. The lowest BCUT2D eigenvalue weighted by atomic mass is 9.87. The molecule has 0 N–H and O–H groups in total. The standard InChI is InChI=1S/C10H21FS.CH4S/c1-5-9(3)10(4)6-8(2)7-12-11;1-2/h8-10H,5-7H2,1-4H3;2H,1H3. The Morgan fingerprint density at radius 3 is 2.00 bits per heavy atom. The van der Waals surface area contributed by atoms with Crippen molar-refractivity contribution in [3.05, 3.63) is 0 Å². The number of rotatable bonds is 6. The summed E-state index contributed by atoms with van der Waals surface area (Å²) in [4.78, 5) is 0. The molecular weight excluding hydrogens is 215 g/mol. The van der Waals surface area contributed by atoms with Crippen LogP contribution in [-0.4, -0.2) is 12.0 Å². The van der Waals surface area contributed by atoms with Crippen molar-refractivity contribution in [1.29, 1.82) is 0 Å². The molecule has 14 heavy (non-hydrogen) atoms. The monoisotopic (exact) mass is 240 g/mol. The Balaban J connectivity index is 0. The van der Waals surface area contributed by atoms with Gasteiger partial charge in [-0.2, -0.15) is 16.5 Å². The number of hydrogen-bond acceptors (Lipinski definition) is 2. The molecule has 0 rings (SSSR count). The van der Waals surface area contributed by atoms with Crippen molar-refractivity contribution in [1.82, 2.24) is 0 Å². The summed E-state index contributed by atoms with van der Waals surface area (Å²) in [6.07, 6.45) is 4.09. The minimum absolute atomic E-state index is 0.471. The molecule has 0 heterocycles. The van der Waals surface area contributed by atoms with Crippen molar-refractivity contribution >= 4 is 24.8 Å². The zero-order valence-electron chi connectivity index (χ0n) is 10.1. The van der Waals surface area contributed by atoms with Crippen LogP contribution < -0.4 is 0 Å². The Bertz CT molecular complexity index is 109. The predicted octanol–water partition coefficient (Wildman–Crippen LogP) is 4.86. The maximum atomic E-state index is 11.9. The topological polar surface area (TPSA) is 0 Å². The van der Waals surface area contributed by atoms with Crippen LogP contribution in [0.3, 0.4) is 0 Å². The number of thiol groups is 1. The normalized spacial score (nSPS) is 16.5.